The molecule has 0 radical (unpaired) electrons. The maximum Gasteiger partial charge on any atom is 0.255 e. The molecule has 2 heterocycles. The number of halogens is 1. The van der Waals surface area contributed by atoms with Crippen LogP contribution in [0.15, 0.2) is 17.5 Å². The number of carbonyl (C=O) groups is 1. The van der Waals surface area contributed by atoms with Gasteiger partial charge >= 0.3 is 0 Å². The molecule has 0 saturated carbocycles. The van der Waals surface area contributed by atoms with Crippen LogP contribution < -0.4 is 20.7 Å². The molecule has 0 fully saturated rings. The Kier molecular flexibility index (Phi) is 4.56. The Morgan fingerprint density at radius 3 is 2.92 bits per heavy atom. The number of thiazole rings is 1. The van der Waals surface area contributed by atoms with E-state index in [4.69, 9.17) is 22.1 Å². The number of likely N-dealkylation sites (N-methyl/N-ethyl adjacent to an activating group) is 1. The zero-order chi connectivity index (χ0) is 17.4. The molecule has 8 heteroatoms. The van der Waals surface area contributed by atoms with Gasteiger partial charge in [-0.05, 0) is 26.0 Å². The van der Waals surface area contributed by atoms with Crippen molar-refractivity contribution in [3.8, 4) is 5.75 Å². The summed E-state index contributed by atoms with van der Waals surface area (Å²) in [6.45, 7) is 4.36. The number of nitrogens with one attached hydrogen (secondary N) is 1. The van der Waals surface area contributed by atoms with Gasteiger partial charge in [0.05, 0.1) is 29.5 Å². The number of carbonyl (C=O) groups excluding carboxylic acids is 1. The van der Waals surface area contributed by atoms with Gasteiger partial charge in [0.2, 0.25) is 0 Å². The predicted molar refractivity (Wildman–Crippen MR) is 97.1 cm³/mol. The fourth-order valence-electron chi connectivity index (χ4n) is 2.62. The van der Waals surface area contributed by atoms with E-state index in [1.165, 1.54) is 11.3 Å². The number of hydrogen-bond donors (Lipinski definition) is 2. The first-order valence-corrected chi connectivity index (χ1v) is 8.83. The standard InChI is InChI=1S/C16H19ClN4O2S/c1-8-9(2)23-14-12(4-10(17)5-13(14)21(8)3)15(22)19-6-11-7-24-16(18)20-11/h4-5,7-9H,6H2,1-3H3,(H2,18,20)(H,19,22). The number of anilines is 2. The summed E-state index contributed by atoms with van der Waals surface area (Å²) in [6, 6.07) is 3.63. The summed E-state index contributed by atoms with van der Waals surface area (Å²) in [5.41, 5.74) is 7.56. The van der Waals surface area contributed by atoms with Crippen LogP contribution in [0.2, 0.25) is 5.02 Å². The Bertz CT molecular complexity index is 779. The molecular formula is C16H19ClN4O2S. The molecule has 2 unspecified atom stereocenters. The van der Waals surface area contributed by atoms with Crippen LogP contribution in [0.3, 0.4) is 0 Å². The Balaban J connectivity index is 1.87. The fourth-order valence-corrected chi connectivity index (χ4v) is 3.40. The van der Waals surface area contributed by atoms with Gasteiger partial charge in [-0.2, -0.15) is 0 Å². The van der Waals surface area contributed by atoms with Crippen molar-refractivity contribution in [2.24, 2.45) is 0 Å². The maximum absolute atomic E-state index is 12.6. The molecule has 0 saturated heterocycles. The van der Waals surface area contributed by atoms with E-state index in [2.05, 4.69) is 22.1 Å². The highest BCUT2D eigenvalue weighted by molar-refractivity contribution is 7.13. The van der Waals surface area contributed by atoms with E-state index < -0.39 is 0 Å². The molecule has 24 heavy (non-hydrogen) atoms. The van der Waals surface area contributed by atoms with Gasteiger partial charge in [-0.1, -0.05) is 11.6 Å². The van der Waals surface area contributed by atoms with Gasteiger partial charge in [0.15, 0.2) is 10.9 Å². The molecule has 1 aromatic heterocycles. The molecule has 2 aromatic rings. The van der Waals surface area contributed by atoms with Gasteiger partial charge in [-0.25, -0.2) is 4.98 Å². The highest BCUT2D eigenvalue weighted by Gasteiger charge is 2.31. The molecule has 3 rings (SSSR count). The Labute approximate surface area is 149 Å². The van der Waals surface area contributed by atoms with Crippen LogP contribution in [0.25, 0.3) is 0 Å². The quantitative estimate of drug-likeness (QED) is 0.873. The fraction of sp³-hybridized carbons (Fsp3) is 0.375. The molecule has 128 valence electrons. The largest absolute Gasteiger partial charge is 0.486 e. The van der Waals surface area contributed by atoms with E-state index in [1.54, 1.807) is 6.07 Å². The molecule has 2 atom stereocenters. The van der Waals surface area contributed by atoms with E-state index >= 15 is 0 Å². The first kappa shape index (κ1) is 16.9. The first-order chi connectivity index (χ1) is 11.4. The minimum absolute atomic E-state index is 0.0337. The van der Waals surface area contributed by atoms with E-state index in [1.807, 2.05) is 25.4 Å². The van der Waals surface area contributed by atoms with Crippen LogP contribution in [0.4, 0.5) is 10.8 Å². The van der Waals surface area contributed by atoms with Crippen LogP contribution in [-0.2, 0) is 6.54 Å². The van der Waals surface area contributed by atoms with Gasteiger partial charge < -0.3 is 20.7 Å². The zero-order valence-corrected chi connectivity index (χ0v) is 15.2. The number of nitrogens with zero attached hydrogens (tertiary/aromatic N) is 2. The summed E-state index contributed by atoms with van der Waals surface area (Å²) < 4.78 is 5.98. The zero-order valence-electron chi connectivity index (χ0n) is 13.7. The summed E-state index contributed by atoms with van der Waals surface area (Å²) in [7, 11) is 1.97. The third-order valence-electron chi connectivity index (χ3n) is 4.25. The molecular weight excluding hydrogens is 348 g/mol. The van der Waals surface area contributed by atoms with Gasteiger partial charge in [-0.15, -0.1) is 11.3 Å². The van der Waals surface area contributed by atoms with E-state index in [-0.39, 0.29) is 18.1 Å². The summed E-state index contributed by atoms with van der Waals surface area (Å²) in [5, 5.41) is 5.63. The van der Waals surface area contributed by atoms with Crippen molar-refractivity contribution in [3.63, 3.8) is 0 Å². The summed E-state index contributed by atoms with van der Waals surface area (Å²) in [5.74, 6) is 0.304. The van der Waals surface area contributed by atoms with Crippen LogP contribution in [0.1, 0.15) is 29.9 Å². The molecule has 1 aromatic carbocycles. The minimum Gasteiger partial charge on any atom is -0.486 e. The lowest BCUT2D eigenvalue weighted by atomic mass is 10.0. The third-order valence-corrected chi connectivity index (χ3v) is 5.19. The smallest absolute Gasteiger partial charge is 0.255 e. The molecule has 3 N–H and O–H groups in total. The highest BCUT2D eigenvalue weighted by Crippen LogP contribution is 2.40. The van der Waals surface area contributed by atoms with E-state index in [0.717, 1.165) is 11.4 Å². The summed E-state index contributed by atoms with van der Waals surface area (Å²) in [4.78, 5) is 18.8. The lowest BCUT2D eigenvalue weighted by Crippen LogP contribution is -2.45. The Morgan fingerprint density at radius 2 is 2.25 bits per heavy atom. The highest BCUT2D eigenvalue weighted by atomic mass is 35.5. The Morgan fingerprint density at radius 1 is 1.50 bits per heavy atom. The molecule has 0 bridgehead atoms. The average molecular weight is 367 g/mol. The number of fused-ring (bicyclic) bond motifs is 1. The summed E-state index contributed by atoms with van der Waals surface area (Å²) in [6.07, 6.45) is -0.0337. The molecule has 1 amide bonds. The number of amides is 1. The van der Waals surface area contributed by atoms with Crippen molar-refractivity contribution >= 4 is 39.7 Å². The second kappa shape index (κ2) is 6.49. The number of benzene rings is 1. The number of ether oxygens (including phenoxy) is 1. The SMILES string of the molecule is CC1Oc2c(C(=O)NCc3csc(N)n3)cc(Cl)cc2N(C)C1C. The van der Waals surface area contributed by atoms with Crippen molar-refractivity contribution < 1.29 is 9.53 Å². The van der Waals surface area contributed by atoms with E-state index in [0.29, 0.717) is 28.0 Å². The number of hydrogen-bond acceptors (Lipinski definition) is 6. The van der Waals surface area contributed by atoms with Crippen molar-refractivity contribution in [2.75, 3.05) is 17.7 Å². The van der Waals surface area contributed by atoms with Crippen molar-refractivity contribution in [2.45, 2.75) is 32.5 Å². The lowest BCUT2D eigenvalue weighted by Gasteiger charge is -2.39. The molecule has 0 spiro atoms. The second-order valence-corrected chi connectivity index (χ2v) is 7.16. The lowest BCUT2D eigenvalue weighted by molar-refractivity contribution is 0.0940. The van der Waals surface area contributed by atoms with Crippen molar-refractivity contribution in [3.05, 3.63) is 33.8 Å². The van der Waals surface area contributed by atoms with Crippen molar-refractivity contribution in [1.29, 1.82) is 0 Å². The molecule has 1 aliphatic heterocycles. The second-order valence-electron chi connectivity index (χ2n) is 5.84. The van der Waals surface area contributed by atoms with E-state index in [9.17, 15) is 4.79 Å². The molecule has 0 aliphatic carbocycles. The predicted octanol–water partition coefficient (Wildman–Crippen LogP) is 2.91. The third kappa shape index (κ3) is 3.14. The van der Waals surface area contributed by atoms with Crippen LogP contribution in [0.5, 0.6) is 5.75 Å². The average Bonchev–Trinajstić information content (AvgIpc) is 2.96. The molecule has 6 nitrogen and oxygen atoms in total. The van der Waals surface area contributed by atoms with Gasteiger partial charge in [0, 0.05) is 17.5 Å². The number of nitrogen functional groups attached to an aromatic ring is 1. The van der Waals surface area contributed by atoms with Crippen LogP contribution >= 0.6 is 22.9 Å². The van der Waals surface area contributed by atoms with Gasteiger partial charge in [-0.3, -0.25) is 4.79 Å². The normalized spacial score (nSPS) is 19.6. The molecule has 1 aliphatic rings. The summed E-state index contributed by atoms with van der Waals surface area (Å²) >= 11 is 7.55. The topological polar surface area (TPSA) is 80.5 Å². The number of nitrogens with two attached hydrogens (primary N) is 1. The Hall–Kier alpha value is -1.99. The monoisotopic (exact) mass is 366 g/mol. The van der Waals surface area contributed by atoms with Crippen LogP contribution in [-0.4, -0.2) is 30.1 Å². The minimum atomic E-state index is -0.254. The first-order valence-electron chi connectivity index (χ1n) is 7.58. The maximum atomic E-state index is 12.6. The van der Waals surface area contributed by atoms with Gasteiger partial charge in [0.25, 0.3) is 5.91 Å². The van der Waals surface area contributed by atoms with Gasteiger partial charge in [0.1, 0.15) is 6.10 Å². The number of rotatable bonds is 3. The number of aromatic nitrogens is 1. The van der Waals surface area contributed by atoms with Crippen LogP contribution in [0, 0.1) is 0 Å². The van der Waals surface area contributed by atoms with Crippen molar-refractivity contribution in [1.82, 2.24) is 10.3 Å².